The number of halogens is 1. The van der Waals surface area contributed by atoms with Crippen LogP contribution in [-0.4, -0.2) is 60.3 Å². The molecule has 2 heterocycles. The molecule has 0 amide bonds. The van der Waals surface area contributed by atoms with Crippen LogP contribution in [0.5, 0.6) is 0 Å². The molecule has 1 aromatic carbocycles. The number of nitrogens with zero attached hydrogens (tertiary/aromatic N) is 2. The van der Waals surface area contributed by atoms with Gasteiger partial charge >= 0.3 is 0 Å². The molecule has 0 saturated carbocycles. The van der Waals surface area contributed by atoms with Crippen molar-refractivity contribution in [3.8, 4) is 0 Å². The lowest BCUT2D eigenvalue weighted by molar-refractivity contribution is 0.0172. The second-order valence-corrected chi connectivity index (χ2v) is 10.3. The molecule has 0 spiro atoms. The molecule has 1 N–H and O–H groups in total. The van der Waals surface area contributed by atoms with Crippen molar-refractivity contribution < 1.29 is 13.2 Å². The molecule has 0 radical (unpaired) electrons. The Morgan fingerprint density at radius 1 is 1.19 bits per heavy atom. The van der Waals surface area contributed by atoms with E-state index in [9.17, 15) is 8.42 Å². The summed E-state index contributed by atoms with van der Waals surface area (Å²) in [4.78, 5) is 4.30. The highest BCUT2D eigenvalue weighted by molar-refractivity contribution is 7.91. The van der Waals surface area contributed by atoms with E-state index in [1.54, 1.807) is 6.07 Å². The Hall–Kier alpha value is -1.16. The van der Waals surface area contributed by atoms with Gasteiger partial charge < -0.3 is 9.64 Å². The summed E-state index contributed by atoms with van der Waals surface area (Å²) in [5.41, 5.74) is 2.18. The molecule has 2 aromatic rings. The number of benzene rings is 1. The highest BCUT2D eigenvalue weighted by Crippen LogP contribution is 2.27. The molecule has 9 heteroatoms. The number of thiophene rings is 1. The normalized spacial score (nSPS) is 17.0. The van der Waals surface area contributed by atoms with Gasteiger partial charge in [-0.1, -0.05) is 23.7 Å². The van der Waals surface area contributed by atoms with Crippen LogP contribution >= 0.6 is 22.9 Å². The highest BCUT2D eigenvalue weighted by atomic mass is 35.5. The summed E-state index contributed by atoms with van der Waals surface area (Å²) in [5.74, 6) is 0. The van der Waals surface area contributed by atoms with Crippen molar-refractivity contribution in [1.82, 2.24) is 9.62 Å². The average Bonchev–Trinajstić information content (AvgIpc) is 3.10. The Bertz CT molecular complexity index is 847. The van der Waals surface area contributed by atoms with E-state index in [0.29, 0.717) is 24.1 Å². The summed E-state index contributed by atoms with van der Waals surface area (Å²) in [5, 5.41) is 0. The molecule has 1 aliphatic heterocycles. The zero-order chi connectivity index (χ0) is 19.4. The third-order valence-corrected chi connectivity index (χ3v) is 7.71. The van der Waals surface area contributed by atoms with Crippen LogP contribution in [0.4, 0.5) is 5.69 Å². The second kappa shape index (κ2) is 8.89. The number of rotatable bonds is 7. The summed E-state index contributed by atoms with van der Waals surface area (Å²) in [6, 6.07) is 11.3. The van der Waals surface area contributed by atoms with Crippen LogP contribution in [0.1, 0.15) is 11.6 Å². The van der Waals surface area contributed by atoms with Gasteiger partial charge in [-0.2, -0.15) is 0 Å². The molecule has 1 atom stereocenters. The minimum atomic E-state index is -3.58. The van der Waals surface area contributed by atoms with Crippen molar-refractivity contribution >= 4 is 38.6 Å². The van der Waals surface area contributed by atoms with Crippen LogP contribution in [0.2, 0.25) is 4.34 Å². The van der Waals surface area contributed by atoms with Crippen LogP contribution in [-0.2, 0) is 14.8 Å². The monoisotopic (exact) mass is 429 g/mol. The molecule has 3 rings (SSSR count). The van der Waals surface area contributed by atoms with Crippen LogP contribution in [0.15, 0.2) is 40.6 Å². The molecule has 0 unspecified atom stereocenters. The summed E-state index contributed by atoms with van der Waals surface area (Å²) in [6.45, 7) is 3.14. The number of hydrogen-bond donors (Lipinski definition) is 1. The first-order valence-electron chi connectivity index (χ1n) is 8.71. The molecule has 1 aromatic heterocycles. The molecule has 0 bridgehead atoms. The molecule has 1 aliphatic rings. The molecular weight excluding hydrogens is 406 g/mol. The average molecular weight is 430 g/mol. The quantitative estimate of drug-likeness (QED) is 0.733. The number of sulfonamides is 1. The molecule has 27 heavy (non-hydrogen) atoms. The molecule has 0 aliphatic carbocycles. The van der Waals surface area contributed by atoms with E-state index < -0.39 is 10.0 Å². The van der Waals surface area contributed by atoms with Crippen LogP contribution in [0, 0.1) is 0 Å². The first-order valence-corrected chi connectivity index (χ1v) is 11.4. The van der Waals surface area contributed by atoms with E-state index >= 15 is 0 Å². The van der Waals surface area contributed by atoms with Crippen LogP contribution < -0.4 is 9.62 Å². The maximum Gasteiger partial charge on any atom is 0.250 e. The Morgan fingerprint density at radius 3 is 2.41 bits per heavy atom. The van der Waals surface area contributed by atoms with Gasteiger partial charge in [-0.25, -0.2) is 13.1 Å². The Balaban J connectivity index is 1.79. The van der Waals surface area contributed by atoms with Crippen molar-refractivity contribution in [3.05, 3.63) is 46.3 Å². The van der Waals surface area contributed by atoms with Crippen molar-refractivity contribution in [2.24, 2.45) is 0 Å². The van der Waals surface area contributed by atoms with E-state index in [-0.39, 0.29) is 10.3 Å². The summed E-state index contributed by atoms with van der Waals surface area (Å²) >= 11 is 6.95. The van der Waals surface area contributed by atoms with Gasteiger partial charge in [0.15, 0.2) is 0 Å². The van der Waals surface area contributed by atoms with Gasteiger partial charge in [0.1, 0.15) is 4.21 Å². The van der Waals surface area contributed by atoms with Gasteiger partial charge in [0.2, 0.25) is 10.0 Å². The first kappa shape index (κ1) is 20.6. The van der Waals surface area contributed by atoms with Gasteiger partial charge in [0, 0.05) is 45.5 Å². The van der Waals surface area contributed by atoms with E-state index in [2.05, 4.69) is 33.9 Å². The smallest absolute Gasteiger partial charge is 0.250 e. The Labute approximate surface area is 169 Å². The molecular formula is C18H24ClN3O3S2. The molecule has 6 nitrogen and oxygen atoms in total. The topological polar surface area (TPSA) is 61.9 Å². The number of nitrogens with one attached hydrogen (secondary N) is 1. The lowest BCUT2D eigenvalue weighted by Gasteiger charge is -2.35. The van der Waals surface area contributed by atoms with E-state index in [1.165, 1.54) is 6.07 Å². The molecule has 1 fully saturated rings. The van der Waals surface area contributed by atoms with Gasteiger partial charge in [-0.15, -0.1) is 11.3 Å². The summed E-state index contributed by atoms with van der Waals surface area (Å²) in [6.07, 6.45) is 0. The van der Waals surface area contributed by atoms with Crippen molar-refractivity contribution in [2.75, 3.05) is 51.8 Å². The fraction of sp³-hybridized carbons (Fsp3) is 0.444. The number of morpholine rings is 1. The predicted molar refractivity (Wildman–Crippen MR) is 110 cm³/mol. The standard InChI is InChI=1S/C18H24ClN3O3S2/c1-21(2)15-5-3-14(4-6-15)16(22-9-11-25-12-10-22)13-20-27(23,24)18-8-7-17(19)26-18/h3-8,16,20H,9-13H2,1-2H3/t16-/m0/s1. The second-order valence-electron chi connectivity index (χ2n) is 6.56. The largest absolute Gasteiger partial charge is 0.379 e. The minimum absolute atomic E-state index is 0.0599. The van der Waals surface area contributed by atoms with Crippen LogP contribution in [0.3, 0.4) is 0 Å². The van der Waals surface area contributed by atoms with E-state index in [0.717, 1.165) is 35.7 Å². The van der Waals surface area contributed by atoms with Gasteiger partial charge in [0.05, 0.1) is 17.6 Å². The lowest BCUT2D eigenvalue weighted by atomic mass is 10.0. The highest BCUT2D eigenvalue weighted by Gasteiger charge is 2.25. The first-order chi connectivity index (χ1) is 12.9. The molecule has 1 saturated heterocycles. The summed E-state index contributed by atoms with van der Waals surface area (Å²) in [7, 11) is 0.405. The SMILES string of the molecule is CN(C)c1ccc([C@H](CNS(=O)(=O)c2ccc(Cl)s2)N2CCOCC2)cc1. The number of hydrogen-bond acceptors (Lipinski definition) is 6. The van der Waals surface area contributed by atoms with Gasteiger partial charge in [0.25, 0.3) is 0 Å². The Morgan fingerprint density at radius 2 is 1.85 bits per heavy atom. The predicted octanol–water partition coefficient (Wildman–Crippen LogP) is 2.82. The van der Waals surface area contributed by atoms with Crippen molar-refractivity contribution in [3.63, 3.8) is 0 Å². The van der Waals surface area contributed by atoms with E-state index in [4.69, 9.17) is 16.3 Å². The zero-order valence-electron chi connectivity index (χ0n) is 15.4. The van der Waals surface area contributed by atoms with E-state index in [1.807, 2.05) is 19.0 Å². The van der Waals surface area contributed by atoms with Crippen molar-refractivity contribution in [2.45, 2.75) is 10.3 Å². The maximum atomic E-state index is 12.6. The molecule has 148 valence electrons. The zero-order valence-corrected chi connectivity index (χ0v) is 17.8. The van der Waals surface area contributed by atoms with Gasteiger partial charge in [-0.05, 0) is 29.8 Å². The third kappa shape index (κ3) is 5.22. The fourth-order valence-corrected chi connectivity index (χ4v) is 5.61. The maximum absolute atomic E-state index is 12.6. The fourth-order valence-electron chi connectivity index (χ4n) is 3.04. The van der Waals surface area contributed by atoms with Crippen molar-refractivity contribution in [1.29, 1.82) is 0 Å². The van der Waals surface area contributed by atoms with Gasteiger partial charge in [-0.3, -0.25) is 4.90 Å². The minimum Gasteiger partial charge on any atom is -0.379 e. The summed E-state index contributed by atoms with van der Waals surface area (Å²) < 4.78 is 34.1. The van der Waals surface area contributed by atoms with Crippen LogP contribution in [0.25, 0.3) is 0 Å². The Kier molecular flexibility index (Phi) is 6.78. The number of ether oxygens (including phenoxy) is 1. The number of anilines is 1. The third-order valence-electron chi connectivity index (χ3n) is 4.56. The lowest BCUT2D eigenvalue weighted by Crippen LogP contribution is -2.43.